The second-order valence-electron chi connectivity index (χ2n) is 9.61. The number of allylic oxidation sites excluding steroid dienone is 2. The molecule has 1 saturated carbocycles. The van der Waals surface area contributed by atoms with Crippen LogP contribution in [0.15, 0.2) is 52.7 Å². The second-order valence-corrected chi connectivity index (χ2v) is 11.6. The number of thiazole rings is 1. The van der Waals surface area contributed by atoms with E-state index in [0.717, 1.165) is 29.7 Å². The van der Waals surface area contributed by atoms with Crippen molar-refractivity contribution in [1.29, 1.82) is 0 Å². The van der Waals surface area contributed by atoms with Gasteiger partial charge in [0, 0.05) is 28.5 Å². The summed E-state index contributed by atoms with van der Waals surface area (Å²) in [5.41, 5.74) is 4.69. The van der Waals surface area contributed by atoms with Gasteiger partial charge >= 0.3 is 5.97 Å². The summed E-state index contributed by atoms with van der Waals surface area (Å²) in [6.45, 7) is 3.67. The van der Waals surface area contributed by atoms with E-state index in [0.29, 0.717) is 46.3 Å². The maximum absolute atomic E-state index is 14.7. The van der Waals surface area contributed by atoms with Crippen LogP contribution in [-0.2, 0) is 28.0 Å². The summed E-state index contributed by atoms with van der Waals surface area (Å²) >= 11 is 1.17. The van der Waals surface area contributed by atoms with Gasteiger partial charge in [0.15, 0.2) is 22.5 Å². The van der Waals surface area contributed by atoms with Crippen LogP contribution in [0.5, 0.6) is 0 Å². The van der Waals surface area contributed by atoms with Crippen molar-refractivity contribution in [3.63, 3.8) is 0 Å². The summed E-state index contributed by atoms with van der Waals surface area (Å²) in [5, 5.41) is 21.6. The zero-order valence-corrected chi connectivity index (χ0v) is 23.5. The number of thiol groups is 1. The fourth-order valence-electron chi connectivity index (χ4n) is 4.50. The van der Waals surface area contributed by atoms with Gasteiger partial charge in [-0.2, -0.15) is 5.10 Å². The van der Waals surface area contributed by atoms with Crippen LogP contribution in [0, 0.1) is 17.6 Å². The van der Waals surface area contributed by atoms with E-state index in [4.69, 9.17) is 10.2 Å². The van der Waals surface area contributed by atoms with Crippen LogP contribution in [0.2, 0.25) is 0 Å². The molecule has 40 heavy (non-hydrogen) atoms. The first kappa shape index (κ1) is 29.4. The Morgan fingerprint density at radius 3 is 2.58 bits per heavy atom. The number of carboxylic acid groups (broad SMARTS) is 1. The van der Waals surface area contributed by atoms with Crippen molar-refractivity contribution in [1.82, 2.24) is 14.8 Å². The van der Waals surface area contributed by atoms with Crippen LogP contribution in [0.3, 0.4) is 0 Å². The molecule has 1 aliphatic rings. The first-order valence-corrected chi connectivity index (χ1v) is 14.6. The Kier molecular flexibility index (Phi) is 8.74. The van der Waals surface area contributed by atoms with Gasteiger partial charge in [0.2, 0.25) is 10.0 Å². The number of carboxylic acids is 1. The molecule has 0 spiro atoms. The summed E-state index contributed by atoms with van der Waals surface area (Å²) in [7, 11) is -2.32. The van der Waals surface area contributed by atoms with E-state index >= 15 is 0 Å². The van der Waals surface area contributed by atoms with Gasteiger partial charge in [-0.25, -0.2) is 23.2 Å². The molecular weight excluding hydrogens is 558 g/mol. The minimum Gasteiger partial charge on any atom is -0.870 e. The van der Waals surface area contributed by atoms with Gasteiger partial charge < -0.3 is 10.6 Å². The summed E-state index contributed by atoms with van der Waals surface area (Å²) in [5.74, 6) is -1.69. The predicted octanol–water partition coefficient (Wildman–Crippen LogP) is 5.69. The molecule has 0 bridgehead atoms. The maximum Gasteiger partial charge on any atom is 0.355 e. The number of rotatable bonds is 9. The zero-order chi connectivity index (χ0) is 27.8. The highest BCUT2D eigenvalue weighted by atomic mass is 32.2. The van der Waals surface area contributed by atoms with Gasteiger partial charge in [-0.05, 0) is 80.5 Å². The third-order valence-corrected chi connectivity index (χ3v) is 8.54. The molecule has 1 aliphatic carbocycles. The molecule has 1 atom stereocenters. The Morgan fingerprint density at radius 1 is 1.23 bits per heavy atom. The molecule has 0 saturated heterocycles. The molecule has 0 aliphatic heterocycles. The molecule has 210 valence electrons. The van der Waals surface area contributed by atoms with Crippen molar-refractivity contribution in [2.45, 2.75) is 44.4 Å². The van der Waals surface area contributed by atoms with Crippen LogP contribution >= 0.6 is 11.3 Å². The third kappa shape index (κ3) is 5.94. The average molecular weight is 587 g/mol. The van der Waals surface area contributed by atoms with E-state index in [1.165, 1.54) is 34.9 Å². The lowest BCUT2D eigenvalue weighted by molar-refractivity contribution is 0.0691. The van der Waals surface area contributed by atoms with Gasteiger partial charge in [0.05, 0.1) is 11.4 Å². The Bertz CT molecular complexity index is 1640. The van der Waals surface area contributed by atoms with Crippen molar-refractivity contribution in [3.05, 3.63) is 87.6 Å². The highest BCUT2D eigenvalue weighted by Gasteiger charge is 2.30. The lowest BCUT2D eigenvalue weighted by Crippen LogP contribution is -2.07. The minimum absolute atomic E-state index is 0. The molecule has 8 nitrogen and oxygen atoms in total. The summed E-state index contributed by atoms with van der Waals surface area (Å²) in [6.07, 6.45) is 4.93. The van der Waals surface area contributed by atoms with Crippen LogP contribution in [-0.4, -0.2) is 31.3 Å². The van der Waals surface area contributed by atoms with Crippen LogP contribution in [0.4, 0.5) is 8.78 Å². The van der Waals surface area contributed by atoms with Crippen molar-refractivity contribution >= 4 is 33.9 Å². The van der Waals surface area contributed by atoms with E-state index in [9.17, 15) is 22.9 Å². The SMILES string of the molecule is C/C=C(\C)c1cc(-c2nn(-c3nc(C(=O)O)cs3)c(CC3CC3)c2Cc2ccc([SH+](N)=O)c(F)c2)ccc1F.[OH-]. The number of nitrogens with zero attached hydrogens (tertiary/aromatic N) is 3. The molecule has 0 amide bonds. The number of halogens is 2. The smallest absolute Gasteiger partial charge is 0.355 e. The van der Waals surface area contributed by atoms with Gasteiger partial charge in [0.1, 0.15) is 5.82 Å². The topological polar surface area (TPSA) is 141 Å². The standard InChI is InChI=1S/C28H26F2N4O3S2.H2O/c1-3-15(2)19-13-18(7-8-21(19)29)26-20(10-17-6-9-25(39(31)37)22(30)11-17)24(12-16-4-5-16)34(33-26)28-32-23(14-38-28)27(35)36;/h3,6-9,11,13-14,16H,4-5,10,12H2,1-2H3,(H2,31,37)(H,35,36);1H2/b15-3+;. The van der Waals surface area contributed by atoms with E-state index in [1.54, 1.807) is 22.9 Å². The number of nitrogens with two attached hydrogens (primary N) is 1. The number of carbonyl (C=O) groups is 1. The molecule has 2 aromatic heterocycles. The molecule has 0 radical (unpaired) electrons. The van der Waals surface area contributed by atoms with Gasteiger partial charge in [-0.3, -0.25) is 0 Å². The summed E-state index contributed by atoms with van der Waals surface area (Å²) in [6, 6.07) is 9.25. The molecule has 4 aromatic rings. The Hall–Kier alpha value is -3.58. The van der Waals surface area contributed by atoms with Gasteiger partial charge in [0.25, 0.3) is 0 Å². The Morgan fingerprint density at radius 2 is 1.98 bits per heavy atom. The number of hydrogen-bond acceptors (Lipinski definition) is 6. The average Bonchev–Trinajstić information content (AvgIpc) is 3.46. The van der Waals surface area contributed by atoms with E-state index in [-0.39, 0.29) is 21.9 Å². The van der Waals surface area contributed by atoms with Crippen LogP contribution < -0.4 is 5.14 Å². The van der Waals surface area contributed by atoms with Crippen molar-refractivity contribution in [2.24, 2.45) is 11.1 Å². The van der Waals surface area contributed by atoms with Gasteiger partial charge in [-0.1, -0.05) is 16.4 Å². The third-order valence-electron chi connectivity index (χ3n) is 6.89. The van der Waals surface area contributed by atoms with E-state index < -0.39 is 22.8 Å². The molecule has 5 rings (SSSR count). The van der Waals surface area contributed by atoms with Crippen molar-refractivity contribution < 1.29 is 28.4 Å². The van der Waals surface area contributed by atoms with Crippen molar-refractivity contribution in [2.75, 3.05) is 0 Å². The first-order valence-electron chi connectivity index (χ1n) is 12.4. The lowest BCUT2D eigenvalue weighted by Gasteiger charge is -2.10. The highest BCUT2D eigenvalue weighted by molar-refractivity contribution is 7.82. The number of aromatic carboxylic acids is 1. The van der Waals surface area contributed by atoms with Crippen LogP contribution in [0.25, 0.3) is 22.0 Å². The number of aromatic nitrogens is 3. The normalized spacial score (nSPS) is 14.2. The fraction of sp³-hybridized carbons (Fsp3) is 0.250. The number of benzene rings is 2. The molecular formula is C28H28F2N4O4S2. The fourth-order valence-corrected chi connectivity index (χ4v) is 5.77. The van der Waals surface area contributed by atoms with E-state index in [1.807, 2.05) is 19.9 Å². The largest absolute Gasteiger partial charge is 0.870 e. The quantitative estimate of drug-likeness (QED) is 0.191. The highest BCUT2D eigenvalue weighted by Crippen LogP contribution is 2.39. The second kappa shape index (κ2) is 11.9. The molecule has 2 heterocycles. The van der Waals surface area contributed by atoms with Crippen LogP contribution in [0.1, 0.15) is 59.6 Å². The molecule has 12 heteroatoms. The Balaban J connectivity index is 0.00000370. The van der Waals surface area contributed by atoms with E-state index in [2.05, 4.69) is 4.98 Å². The molecule has 4 N–H and O–H groups in total. The molecule has 1 unspecified atom stereocenters. The zero-order valence-electron chi connectivity index (χ0n) is 21.8. The molecule has 2 aromatic carbocycles. The van der Waals surface area contributed by atoms with Gasteiger partial charge in [-0.15, -0.1) is 16.5 Å². The summed E-state index contributed by atoms with van der Waals surface area (Å²) in [4.78, 5) is 15.8. The first-order chi connectivity index (χ1) is 18.7. The monoisotopic (exact) mass is 586 g/mol. The number of hydrogen-bond donors (Lipinski definition) is 2. The Labute approximate surface area is 236 Å². The molecule has 1 fully saturated rings. The lowest BCUT2D eigenvalue weighted by atomic mass is 9.95. The summed E-state index contributed by atoms with van der Waals surface area (Å²) < 4.78 is 42.8. The van der Waals surface area contributed by atoms with Crippen molar-refractivity contribution in [3.8, 4) is 16.4 Å². The maximum atomic E-state index is 14.7. The minimum atomic E-state index is -2.32. The predicted molar refractivity (Wildman–Crippen MR) is 150 cm³/mol.